The summed E-state index contributed by atoms with van der Waals surface area (Å²) in [6.07, 6.45) is 2.53. The van der Waals surface area contributed by atoms with E-state index in [2.05, 4.69) is 0 Å². The molecule has 2 aromatic carbocycles. The summed E-state index contributed by atoms with van der Waals surface area (Å²) in [5.74, 6) is 0.683. The van der Waals surface area contributed by atoms with Crippen molar-refractivity contribution in [3.05, 3.63) is 59.7 Å². The third-order valence-corrected chi connectivity index (χ3v) is 3.13. The summed E-state index contributed by atoms with van der Waals surface area (Å²) in [5.41, 5.74) is 7.48. The van der Waals surface area contributed by atoms with Crippen LogP contribution in [0.15, 0.2) is 48.5 Å². The molecular formula is C16H15NO2. The van der Waals surface area contributed by atoms with E-state index in [0.29, 0.717) is 22.9 Å². The van der Waals surface area contributed by atoms with Crippen LogP contribution in [0.3, 0.4) is 0 Å². The standard InChI is InChI=1S/C16H15NO2/c17-15-7-2-1-6-14(15)16(18)11-4-3-5-13(10-11)19-12-8-9-12/h1-7,10,12H,8-9,17H2. The number of carbonyl (C=O) groups excluding carboxylic acids is 1. The quantitative estimate of drug-likeness (QED) is 0.673. The number of rotatable bonds is 4. The van der Waals surface area contributed by atoms with Crippen molar-refractivity contribution in [2.45, 2.75) is 18.9 Å². The molecule has 0 bridgehead atoms. The van der Waals surface area contributed by atoms with Gasteiger partial charge in [0.15, 0.2) is 5.78 Å². The Hall–Kier alpha value is -2.29. The number of ketones is 1. The number of anilines is 1. The molecule has 1 fully saturated rings. The number of carbonyl (C=O) groups is 1. The number of nitrogen functional groups attached to an aromatic ring is 1. The number of hydrogen-bond donors (Lipinski definition) is 1. The molecule has 0 aliphatic heterocycles. The van der Waals surface area contributed by atoms with Crippen LogP contribution in [0.1, 0.15) is 28.8 Å². The fraction of sp³-hybridized carbons (Fsp3) is 0.188. The molecule has 3 heteroatoms. The summed E-state index contributed by atoms with van der Waals surface area (Å²) in [4.78, 5) is 12.4. The van der Waals surface area contributed by atoms with Gasteiger partial charge < -0.3 is 10.5 Å². The molecule has 0 aromatic heterocycles. The highest BCUT2D eigenvalue weighted by Gasteiger charge is 2.23. The molecule has 0 atom stereocenters. The zero-order valence-corrected chi connectivity index (χ0v) is 10.5. The molecule has 3 nitrogen and oxygen atoms in total. The highest BCUT2D eigenvalue weighted by atomic mass is 16.5. The van der Waals surface area contributed by atoms with Crippen molar-refractivity contribution in [2.75, 3.05) is 5.73 Å². The largest absolute Gasteiger partial charge is 0.490 e. The minimum absolute atomic E-state index is 0.0700. The van der Waals surface area contributed by atoms with Gasteiger partial charge in [-0.3, -0.25) is 4.79 Å². The second-order valence-corrected chi connectivity index (χ2v) is 4.76. The number of ether oxygens (including phenoxy) is 1. The van der Waals surface area contributed by atoms with Gasteiger partial charge in [-0.15, -0.1) is 0 Å². The van der Waals surface area contributed by atoms with Gasteiger partial charge in [0.05, 0.1) is 6.10 Å². The Morgan fingerprint density at radius 2 is 1.89 bits per heavy atom. The first-order chi connectivity index (χ1) is 9.24. The first kappa shape index (κ1) is 11.8. The molecule has 0 amide bonds. The van der Waals surface area contributed by atoms with Gasteiger partial charge in [0.1, 0.15) is 5.75 Å². The maximum Gasteiger partial charge on any atom is 0.195 e. The van der Waals surface area contributed by atoms with Crippen LogP contribution in [0.4, 0.5) is 5.69 Å². The number of hydrogen-bond acceptors (Lipinski definition) is 3. The average Bonchev–Trinajstić information content (AvgIpc) is 3.23. The molecule has 2 aromatic rings. The Labute approximate surface area is 112 Å². The number of benzene rings is 2. The fourth-order valence-electron chi connectivity index (χ4n) is 1.95. The summed E-state index contributed by atoms with van der Waals surface area (Å²) in [7, 11) is 0. The molecular weight excluding hydrogens is 238 g/mol. The van der Waals surface area contributed by atoms with Crippen LogP contribution in [-0.4, -0.2) is 11.9 Å². The van der Waals surface area contributed by atoms with Crippen molar-refractivity contribution < 1.29 is 9.53 Å². The predicted octanol–water partition coefficient (Wildman–Crippen LogP) is 3.04. The second kappa shape index (κ2) is 4.76. The van der Waals surface area contributed by atoms with Crippen LogP contribution in [-0.2, 0) is 0 Å². The molecule has 0 heterocycles. The van der Waals surface area contributed by atoms with E-state index >= 15 is 0 Å². The van der Waals surface area contributed by atoms with Gasteiger partial charge in [0.2, 0.25) is 0 Å². The van der Waals surface area contributed by atoms with Crippen molar-refractivity contribution in [1.29, 1.82) is 0 Å². The zero-order valence-electron chi connectivity index (χ0n) is 10.5. The van der Waals surface area contributed by atoms with Crippen LogP contribution in [0, 0.1) is 0 Å². The van der Waals surface area contributed by atoms with Crippen molar-refractivity contribution in [1.82, 2.24) is 0 Å². The summed E-state index contributed by atoms with van der Waals surface area (Å²) >= 11 is 0. The van der Waals surface area contributed by atoms with Crippen LogP contribution in [0.2, 0.25) is 0 Å². The fourth-order valence-corrected chi connectivity index (χ4v) is 1.95. The van der Waals surface area contributed by atoms with E-state index in [1.807, 2.05) is 24.3 Å². The van der Waals surface area contributed by atoms with E-state index in [1.54, 1.807) is 24.3 Å². The van der Waals surface area contributed by atoms with Crippen LogP contribution in [0.25, 0.3) is 0 Å². The third kappa shape index (κ3) is 2.60. The normalized spacial score (nSPS) is 14.1. The number of para-hydroxylation sites is 1. The van der Waals surface area contributed by atoms with E-state index in [4.69, 9.17) is 10.5 Å². The zero-order chi connectivity index (χ0) is 13.2. The topological polar surface area (TPSA) is 52.3 Å². The molecule has 1 aliphatic carbocycles. The van der Waals surface area contributed by atoms with Gasteiger partial charge in [-0.25, -0.2) is 0 Å². The Morgan fingerprint density at radius 1 is 1.11 bits per heavy atom. The Kier molecular flexibility index (Phi) is 2.95. The maximum atomic E-state index is 12.4. The molecule has 0 spiro atoms. The van der Waals surface area contributed by atoms with E-state index in [1.165, 1.54) is 0 Å². The molecule has 0 saturated heterocycles. The van der Waals surface area contributed by atoms with Crippen molar-refractivity contribution in [3.63, 3.8) is 0 Å². The predicted molar refractivity (Wildman–Crippen MR) is 74.4 cm³/mol. The first-order valence-corrected chi connectivity index (χ1v) is 6.40. The summed E-state index contributed by atoms with van der Waals surface area (Å²) in [5, 5.41) is 0. The van der Waals surface area contributed by atoms with Gasteiger partial charge in [-0.1, -0.05) is 24.3 Å². The van der Waals surface area contributed by atoms with Gasteiger partial charge >= 0.3 is 0 Å². The van der Waals surface area contributed by atoms with Crippen LogP contribution < -0.4 is 10.5 Å². The van der Waals surface area contributed by atoms with E-state index in [0.717, 1.165) is 18.6 Å². The van der Waals surface area contributed by atoms with Gasteiger partial charge in [-0.05, 0) is 37.1 Å². The molecule has 0 unspecified atom stereocenters. The summed E-state index contributed by atoms with van der Waals surface area (Å²) < 4.78 is 5.70. The Balaban J connectivity index is 1.88. The van der Waals surface area contributed by atoms with Crippen LogP contribution >= 0.6 is 0 Å². The Bertz CT molecular complexity index is 618. The molecule has 1 aliphatic rings. The van der Waals surface area contributed by atoms with E-state index in [9.17, 15) is 4.79 Å². The lowest BCUT2D eigenvalue weighted by atomic mass is 10.0. The van der Waals surface area contributed by atoms with Gasteiger partial charge in [0, 0.05) is 16.8 Å². The lowest BCUT2D eigenvalue weighted by Gasteiger charge is -2.07. The SMILES string of the molecule is Nc1ccccc1C(=O)c1cccc(OC2CC2)c1. The smallest absolute Gasteiger partial charge is 0.195 e. The lowest BCUT2D eigenvalue weighted by Crippen LogP contribution is -2.05. The highest BCUT2D eigenvalue weighted by molar-refractivity contribution is 6.12. The van der Waals surface area contributed by atoms with Crippen molar-refractivity contribution >= 4 is 11.5 Å². The molecule has 1 saturated carbocycles. The average molecular weight is 253 g/mol. The summed E-state index contributed by atoms with van der Waals surface area (Å²) in [6.45, 7) is 0. The van der Waals surface area contributed by atoms with E-state index < -0.39 is 0 Å². The lowest BCUT2D eigenvalue weighted by molar-refractivity contribution is 0.103. The van der Waals surface area contributed by atoms with Crippen molar-refractivity contribution in [3.8, 4) is 5.75 Å². The molecule has 2 N–H and O–H groups in total. The number of nitrogens with two attached hydrogens (primary N) is 1. The Morgan fingerprint density at radius 3 is 2.63 bits per heavy atom. The minimum Gasteiger partial charge on any atom is -0.490 e. The van der Waals surface area contributed by atoms with E-state index in [-0.39, 0.29) is 5.78 Å². The minimum atomic E-state index is -0.0700. The molecule has 96 valence electrons. The highest BCUT2D eigenvalue weighted by Crippen LogP contribution is 2.27. The molecule has 19 heavy (non-hydrogen) atoms. The maximum absolute atomic E-state index is 12.4. The van der Waals surface area contributed by atoms with Crippen LogP contribution in [0.5, 0.6) is 5.75 Å². The monoisotopic (exact) mass is 253 g/mol. The van der Waals surface area contributed by atoms with Gasteiger partial charge in [0.25, 0.3) is 0 Å². The van der Waals surface area contributed by atoms with Crippen molar-refractivity contribution in [2.24, 2.45) is 0 Å². The summed E-state index contributed by atoms with van der Waals surface area (Å²) in [6, 6.07) is 14.4. The molecule has 3 rings (SSSR count). The molecule has 0 radical (unpaired) electrons. The first-order valence-electron chi connectivity index (χ1n) is 6.40. The second-order valence-electron chi connectivity index (χ2n) is 4.76. The van der Waals surface area contributed by atoms with Gasteiger partial charge in [-0.2, -0.15) is 0 Å². The third-order valence-electron chi connectivity index (χ3n) is 3.13.